The lowest BCUT2D eigenvalue weighted by Crippen LogP contribution is -2.12. The molecule has 9 heteroatoms. The van der Waals surface area contributed by atoms with E-state index in [0.29, 0.717) is 16.9 Å². The number of hydrogen-bond donors (Lipinski definition) is 2. The topological polar surface area (TPSA) is 73.6 Å². The third-order valence-corrected chi connectivity index (χ3v) is 4.00. The van der Waals surface area contributed by atoms with E-state index in [1.807, 2.05) is 6.07 Å². The van der Waals surface area contributed by atoms with E-state index >= 15 is 0 Å². The number of anilines is 4. The third kappa shape index (κ3) is 4.74. The lowest BCUT2D eigenvalue weighted by molar-refractivity contribution is -0.137. The Balaban J connectivity index is 1.92. The van der Waals surface area contributed by atoms with E-state index < -0.39 is 11.7 Å². The SMILES string of the molecule is N#Cc1ccc(Nc2ncc(C(F)(F)F)c(Nc3ccc(Br)cc3)n2)cc1. The summed E-state index contributed by atoms with van der Waals surface area (Å²) in [6, 6.07) is 15.0. The highest BCUT2D eigenvalue weighted by Crippen LogP contribution is 2.35. The molecule has 0 fully saturated rings. The first-order chi connectivity index (χ1) is 12.8. The van der Waals surface area contributed by atoms with Crippen molar-refractivity contribution in [2.75, 3.05) is 10.6 Å². The molecule has 0 amide bonds. The first kappa shape index (κ1) is 18.7. The fourth-order valence-electron chi connectivity index (χ4n) is 2.17. The normalized spacial score (nSPS) is 10.9. The molecule has 27 heavy (non-hydrogen) atoms. The summed E-state index contributed by atoms with van der Waals surface area (Å²) >= 11 is 3.27. The third-order valence-electron chi connectivity index (χ3n) is 3.47. The monoisotopic (exact) mass is 433 g/mol. The van der Waals surface area contributed by atoms with Gasteiger partial charge in [0.15, 0.2) is 0 Å². The Morgan fingerprint density at radius 1 is 0.926 bits per heavy atom. The number of nitriles is 1. The van der Waals surface area contributed by atoms with Crippen LogP contribution in [0.5, 0.6) is 0 Å². The van der Waals surface area contributed by atoms with E-state index in [1.54, 1.807) is 48.5 Å². The van der Waals surface area contributed by atoms with E-state index in [0.717, 1.165) is 10.7 Å². The van der Waals surface area contributed by atoms with Crippen molar-refractivity contribution in [3.63, 3.8) is 0 Å². The van der Waals surface area contributed by atoms with Gasteiger partial charge < -0.3 is 10.6 Å². The van der Waals surface area contributed by atoms with Gasteiger partial charge in [0.25, 0.3) is 0 Å². The molecule has 0 unspecified atom stereocenters. The second-order valence-electron chi connectivity index (χ2n) is 5.40. The van der Waals surface area contributed by atoms with Crippen molar-refractivity contribution in [2.45, 2.75) is 6.18 Å². The summed E-state index contributed by atoms with van der Waals surface area (Å²) in [7, 11) is 0. The van der Waals surface area contributed by atoms with E-state index in [4.69, 9.17) is 5.26 Å². The largest absolute Gasteiger partial charge is 0.421 e. The standard InChI is InChI=1S/C18H11BrF3N5/c19-12-3-7-13(8-4-12)25-16-15(18(20,21)22)10-24-17(27-16)26-14-5-1-11(9-23)2-6-14/h1-8,10H,(H2,24,25,26,27). The van der Waals surface area contributed by atoms with Crippen LogP contribution in [0.15, 0.2) is 59.2 Å². The number of alkyl halides is 3. The first-order valence-electron chi connectivity index (χ1n) is 7.59. The molecule has 0 aliphatic rings. The van der Waals surface area contributed by atoms with E-state index in [-0.39, 0.29) is 11.8 Å². The average molecular weight is 434 g/mol. The van der Waals surface area contributed by atoms with Crippen LogP contribution in [0.3, 0.4) is 0 Å². The van der Waals surface area contributed by atoms with Crippen molar-refractivity contribution in [1.29, 1.82) is 5.26 Å². The molecule has 0 aliphatic heterocycles. The number of aromatic nitrogens is 2. The van der Waals surface area contributed by atoms with Gasteiger partial charge >= 0.3 is 6.18 Å². The molecule has 5 nitrogen and oxygen atoms in total. The van der Waals surface area contributed by atoms with E-state index in [1.165, 1.54) is 0 Å². The zero-order valence-corrected chi connectivity index (χ0v) is 15.1. The molecule has 3 aromatic rings. The Hall–Kier alpha value is -3.12. The predicted molar refractivity (Wildman–Crippen MR) is 98.9 cm³/mol. The van der Waals surface area contributed by atoms with Crippen molar-refractivity contribution < 1.29 is 13.2 Å². The Bertz CT molecular complexity index is 980. The molecule has 0 spiro atoms. The van der Waals surface area contributed by atoms with E-state index in [2.05, 4.69) is 36.5 Å². The first-order valence-corrected chi connectivity index (χ1v) is 8.38. The van der Waals surface area contributed by atoms with Gasteiger partial charge in [0, 0.05) is 22.0 Å². The maximum absolute atomic E-state index is 13.3. The Kier molecular flexibility index (Phi) is 5.28. The van der Waals surface area contributed by atoms with Crippen molar-refractivity contribution in [3.8, 4) is 6.07 Å². The average Bonchev–Trinajstić information content (AvgIpc) is 2.63. The molecule has 0 saturated heterocycles. The van der Waals surface area contributed by atoms with Crippen LogP contribution in [0, 0.1) is 11.3 Å². The molecular formula is C18H11BrF3N5. The Morgan fingerprint density at radius 3 is 2.11 bits per heavy atom. The molecule has 3 rings (SSSR count). The molecule has 1 aromatic heterocycles. The van der Waals surface area contributed by atoms with Gasteiger partial charge in [-0.15, -0.1) is 0 Å². The van der Waals surface area contributed by atoms with Crippen LogP contribution in [0.4, 0.5) is 36.3 Å². The molecule has 136 valence electrons. The molecule has 2 aromatic carbocycles. The van der Waals surface area contributed by atoms with Crippen LogP contribution in [-0.4, -0.2) is 9.97 Å². The highest BCUT2D eigenvalue weighted by Gasteiger charge is 2.35. The number of hydrogen-bond acceptors (Lipinski definition) is 5. The van der Waals surface area contributed by atoms with Crippen molar-refractivity contribution >= 4 is 39.1 Å². The van der Waals surface area contributed by atoms with Crippen molar-refractivity contribution in [1.82, 2.24) is 9.97 Å². The minimum absolute atomic E-state index is 0.00711. The van der Waals surface area contributed by atoms with Gasteiger partial charge in [-0.1, -0.05) is 15.9 Å². The highest BCUT2D eigenvalue weighted by atomic mass is 79.9. The van der Waals surface area contributed by atoms with Gasteiger partial charge in [-0.05, 0) is 48.5 Å². The van der Waals surface area contributed by atoms with Crippen LogP contribution in [0.2, 0.25) is 0 Å². The van der Waals surface area contributed by atoms with Crippen LogP contribution >= 0.6 is 15.9 Å². The summed E-state index contributed by atoms with van der Waals surface area (Å²) in [5, 5.41) is 14.3. The zero-order valence-electron chi connectivity index (χ0n) is 13.5. The lowest BCUT2D eigenvalue weighted by Gasteiger charge is -2.15. The minimum Gasteiger partial charge on any atom is -0.340 e. The highest BCUT2D eigenvalue weighted by molar-refractivity contribution is 9.10. The predicted octanol–water partition coefficient (Wildman–Crippen LogP) is 5.62. The molecular weight excluding hydrogens is 423 g/mol. The molecule has 0 aliphatic carbocycles. The van der Waals surface area contributed by atoms with Gasteiger partial charge in [-0.2, -0.15) is 23.4 Å². The second kappa shape index (κ2) is 7.63. The van der Waals surface area contributed by atoms with Gasteiger partial charge in [-0.25, -0.2) is 4.98 Å². The smallest absolute Gasteiger partial charge is 0.340 e. The van der Waals surface area contributed by atoms with Crippen LogP contribution in [0.1, 0.15) is 11.1 Å². The minimum atomic E-state index is -4.61. The fourth-order valence-corrected chi connectivity index (χ4v) is 2.44. The molecule has 0 atom stereocenters. The van der Waals surface area contributed by atoms with E-state index in [9.17, 15) is 13.2 Å². The molecule has 0 bridgehead atoms. The van der Waals surface area contributed by atoms with Gasteiger partial charge in [0.05, 0.1) is 11.6 Å². The summed E-state index contributed by atoms with van der Waals surface area (Å²) in [6.45, 7) is 0. The maximum Gasteiger partial charge on any atom is 0.421 e. The molecule has 2 N–H and O–H groups in total. The van der Waals surface area contributed by atoms with Gasteiger partial charge in [0.1, 0.15) is 11.4 Å². The Morgan fingerprint density at radius 2 is 1.52 bits per heavy atom. The number of nitrogens with zero attached hydrogens (tertiary/aromatic N) is 3. The lowest BCUT2D eigenvalue weighted by atomic mass is 10.2. The number of rotatable bonds is 4. The molecule has 0 saturated carbocycles. The Labute approximate surface area is 161 Å². The fraction of sp³-hybridized carbons (Fsp3) is 0.0556. The van der Waals surface area contributed by atoms with Crippen molar-refractivity contribution in [2.24, 2.45) is 0 Å². The van der Waals surface area contributed by atoms with Crippen molar-refractivity contribution in [3.05, 3.63) is 70.3 Å². The van der Waals surface area contributed by atoms with Crippen LogP contribution < -0.4 is 10.6 Å². The summed E-state index contributed by atoms with van der Waals surface area (Å²) in [5.74, 6) is -0.372. The van der Waals surface area contributed by atoms with Crippen LogP contribution in [-0.2, 0) is 6.18 Å². The zero-order chi connectivity index (χ0) is 19.4. The van der Waals surface area contributed by atoms with Crippen LogP contribution in [0.25, 0.3) is 0 Å². The summed E-state index contributed by atoms with van der Waals surface area (Å²) in [4.78, 5) is 7.71. The van der Waals surface area contributed by atoms with Gasteiger partial charge in [0.2, 0.25) is 5.95 Å². The number of halogens is 4. The number of benzene rings is 2. The quantitative estimate of drug-likeness (QED) is 0.558. The molecule has 0 radical (unpaired) electrons. The second-order valence-corrected chi connectivity index (χ2v) is 6.32. The summed E-state index contributed by atoms with van der Waals surface area (Å²) in [6.07, 6.45) is -3.88. The summed E-state index contributed by atoms with van der Waals surface area (Å²) < 4.78 is 40.6. The summed E-state index contributed by atoms with van der Waals surface area (Å²) in [5.41, 5.74) is 0.484. The number of nitrogens with one attached hydrogen (secondary N) is 2. The molecule has 1 heterocycles. The maximum atomic E-state index is 13.3. The van der Waals surface area contributed by atoms with Gasteiger partial charge in [-0.3, -0.25) is 0 Å².